The number of aromatic nitrogens is 1. The first-order chi connectivity index (χ1) is 8.69. The summed E-state index contributed by atoms with van der Waals surface area (Å²) in [6, 6.07) is 10.0. The normalized spacial score (nSPS) is 10.2. The van der Waals surface area contributed by atoms with Crippen molar-refractivity contribution in [3.8, 4) is 5.88 Å². The molecule has 18 heavy (non-hydrogen) atoms. The summed E-state index contributed by atoms with van der Waals surface area (Å²) in [6.45, 7) is 0.745. The maximum absolute atomic E-state index is 5.02. The van der Waals surface area contributed by atoms with Gasteiger partial charge in [-0.1, -0.05) is 6.07 Å². The largest absolute Gasteiger partial charge is 0.481 e. The van der Waals surface area contributed by atoms with Gasteiger partial charge in [0.25, 0.3) is 0 Å². The first kappa shape index (κ1) is 13.6. The number of hydrogen-bond donors (Lipinski definition) is 1. The number of ether oxygens (including phenoxy) is 1. The second-order valence-corrected chi connectivity index (χ2v) is 5.71. The van der Waals surface area contributed by atoms with Gasteiger partial charge < -0.3 is 10.1 Å². The van der Waals surface area contributed by atoms with Gasteiger partial charge in [-0.25, -0.2) is 4.98 Å². The minimum absolute atomic E-state index is 0.636. The fourth-order valence-electron chi connectivity index (χ4n) is 1.45. The highest BCUT2D eigenvalue weighted by atomic mass is 127. The Balaban J connectivity index is 1.99. The molecule has 3 nitrogen and oxygen atoms in total. The van der Waals surface area contributed by atoms with Crippen molar-refractivity contribution in [2.75, 3.05) is 12.4 Å². The Labute approximate surface area is 128 Å². The van der Waals surface area contributed by atoms with Crippen molar-refractivity contribution >= 4 is 44.2 Å². The second-order valence-electron chi connectivity index (χ2n) is 3.69. The highest BCUT2D eigenvalue weighted by Gasteiger charge is 1.99. The van der Waals surface area contributed by atoms with Crippen molar-refractivity contribution < 1.29 is 4.74 Å². The van der Waals surface area contributed by atoms with Gasteiger partial charge in [-0.3, -0.25) is 0 Å². The van der Waals surface area contributed by atoms with Gasteiger partial charge in [0, 0.05) is 32.5 Å². The highest BCUT2D eigenvalue weighted by Crippen LogP contribution is 2.22. The fourth-order valence-corrected chi connectivity index (χ4v) is 2.21. The van der Waals surface area contributed by atoms with Crippen LogP contribution < -0.4 is 10.1 Å². The lowest BCUT2D eigenvalue weighted by Crippen LogP contribution is -2.00. The maximum atomic E-state index is 5.02. The van der Waals surface area contributed by atoms with E-state index in [0.29, 0.717) is 5.88 Å². The smallest absolute Gasteiger partial charge is 0.212 e. The molecule has 0 atom stereocenters. The molecule has 0 bridgehead atoms. The lowest BCUT2D eigenvalue weighted by molar-refractivity contribution is 0.397. The molecule has 0 unspecified atom stereocenters. The number of nitrogens with one attached hydrogen (secondary N) is 1. The predicted octanol–water partition coefficient (Wildman–Crippen LogP) is 4.07. The molecule has 5 heteroatoms. The van der Waals surface area contributed by atoms with E-state index >= 15 is 0 Å². The Kier molecular flexibility index (Phi) is 4.82. The third-order valence-electron chi connectivity index (χ3n) is 2.42. The van der Waals surface area contributed by atoms with Gasteiger partial charge in [0.05, 0.1) is 7.11 Å². The molecule has 0 aliphatic carbocycles. The zero-order valence-electron chi connectivity index (χ0n) is 9.78. The fraction of sp³-hybridized carbons (Fsp3) is 0.154. The quantitative estimate of drug-likeness (QED) is 0.760. The molecule has 0 saturated heterocycles. The van der Waals surface area contributed by atoms with Crippen molar-refractivity contribution in [3.05, 3.63) is 50.1 Å². The molecule has 0 aliphatic heterocycles. The predicted molar refractivity (Wildman–Crippen MR) is 85.0 cm³/mol. The molecular formula is C13H12BrIN2O. The van der Waals surface area contributed by atoms with Gasteiger partial charge in [0.2, 0.25) is 5.88 Å². The van der Waals surface area contributed by atoms with Crippen molar-refractivity contribution in [1.29, 1.82) is 0 Å². The van der Waals surface area contributed by atoms with E-state index in [2.05, 4.69) is 54.9 Å². The lowest BCUT2D eigenvalue weighted by atomic mass is 10.2. The Morgan fingerprint density at radius 1 is 1.33 bits per heavy atom. The minimum atomic E-state index is 0.636. The summed E-state index contributed by atoms with van der Waals surface area (Å²) in [7, 11) is 1.62. The molecule has 1 heterocycles. The summed E-state index contributed by atoms with van der Waals surface area (Å²) >= 11 is 5.78. The van der Waals surface area contributed by atoms with Crippen LogP contribution in [0.5, 0.6) is 5.88 Å². The van der Waals surface area contributed by atoms with Crippen LogP contribution in [0.4, 0.5) is 5.69 Å². The molecule has 1 aromatic heterocycles. The molecule has 0 aliphatic rings. The summed E-state index contributed by atoms with van der Waals surface area (Å²) in [4.78, 5) is 4.17. The van der Waals surface area contributed by atoms with Gasteiger partial charge in [-0.05, 0) is 62.3 Å². The minimum Gasteiger partial charge on any atom is -0.481 e. The average molecular weight is 419 g/mol. The molecule has 1 aromatic carbocycles. The van der Waals surface area contributed by atoms with E-state index in [1.54, 1.807) is 7.11 Å². The van der Waals surface area contributed by atoms with E-state index < -0.39 is 0 Å². The zero-order valence-corrected chi connectivity index (χ0v) is 13.5. The number of halogens is 2. The number of rotatable bonds is 4. The van der Waals surface area contributed by atoms with Crippen molar-refractivity contribution in [1.82, 2.24) is 4.98 Å². The summed E-state index contributed by atoms with van der Waals surface area (Å²) in [5.74, 6) is 0.636. The first-order valence-electron chi connectivity index (χ1n) is 5.37. The van der Waals surface area contributed by atoms with Crippen LogP contribution in [0.15, 0.2) is 41.0 Å². The van der Waals surface area contributed by atoms with E-state index in [1.807, 2.05) is 30.5 Å². The van der Waals surface area contributed by atoms with E-state index in [9.17, 15) is 0 Å². The highest BCUT2D eigenvalue weighted by molar-refractivity contribution is 14.1. The van der Waals surface area contributed by atoms with Crippen LogP contribution in [0.3, 0.4) is 0 Å². The van der Waals surface area contributed by atoms with Gasteiger partial charge in [0.1, 0.15) is 0 Å². The Morgan fingerprint density at radius 2 is 2.17 bits per heavy atom. The van der Waals surface area contributed by atoms with Crippen LogP contribution in [-0.4, -0.2) is 12.1 Å². The molecule has 0 fully saturated rings. The summed E-state index contributed by atoms with van der Waals surface area (Å²) in [5.41, 5.74) is 2.21. The van der Waals surface area contributed by atoms with E-state index in [0.717, 1.165) is 22.3 Å². The van der Waals surface area contributed by atoms with E-state index in [-0.39, 0.29) is 0 Å². The topological polar surface area (TPSA) is 34.1 Å². The van der Waals surface area contributed by atoms with Crippen LogP contribution >= 0.6 is 38.5 Å². The van der Waals surface area contributed by atoms with Crippen LogP contribution in [0, 0.1) is 3.57 Å². The van der Waals surface area contributed by atoms with Crippen LogP contribution in [-0.2, 0) is 6.54 Å². The molecule has 0 amide bonds. The molecule has 0 saturated carbocycles. The SMILES string of the molecule is COc1ccc(CNc2ccc(Br)c(I)c2)cn1. The number of hydrogen-bond acceptors (Lipinski definition) is 3. The molecule has 2 rings (SSSR count). The Hall–Kier alpha value is -0.820. The number of pyridine rings is 1. The molecule has 0 spiro atoms. The van der Waals surface area contributed by atoms with Crippen LogP contribution in [0.25, 0.3) is 0 Å². The van der Waals surface area contributed by atoms with Crippen molar-refractivity contribution in [2.45, 2.75) is 6.54 Å². The van der Waals surface area contributed by atoms with Gasteiger partial charge in [-0.2, -0.15) is 0 Å². The summed E-state index contributed by atoms with van der Waals surface area (Å²) < 4.78 is 7.32. The second kappa shape index (κ2) is 6.38. The zero-order chi connectivity index (χ0) is 13.0. The molecule has 94 valence electrons. The maximum Gasteiger partial charge on any atom is 0.212 e. The first-order valence-corrected chi connectivity index (χ1v) is 7.24. The third kappa shape index (κ3) is 3.58. The summed E-state index contributed by atoms with van der Waals surface area (Å²) in [6.07, 6.45) is 1.82. The van der Waals surface area contributed by atoms with Crippen LogP contribution in [0.2, 0.25) is 0 Å². The lowest BCUT2D eigenvalue weighted by Gasteiger charge is -2.08. The van der Waals surface area contributed by atoms with Crippen molar-refractivity contribution in [2.24, 2.45) is 0 Å². The summed E-state index contributed by atoms with van der Waals surface area (Å²) in [5, 5.41) is 3.36. The molecule has 0 radical (unpaired) electrons. The van der Waals surface area contributed by atoms with E-state index in [4.69, 9.17) is 4.74 Å². The monoisotopic (exact) mass is 418 g/mol. The molecular weight excluding hydrogens is 407 g/mol. The van der Waals surface area contributed by atoms with Gasteiger partial charge >= 0.3 is 0 Å². The number of nitrogens with zero attached hydrogens (tertiary/aromatic N) is 1. The molecule has 2 aromatic rings. The molecule has 1 N–H and O–H groups in total. The number of methoxy groups -OCH3 is 1. The number of benzene rings is 1. The Bertz CT molecular complexity index is 531. The van der Waals surface area contributed by atoms with Crippen molar-refractivity contribution in [3.63, 3.8) is 0 Å². The average Bonchev–Trinajstić information content (AvgIpc) is 2.41. The third-order valence-corrected chi connectivity index (χ3v) is 4.75. The Morgan fingerprint density at radius 3 is 2.78 bits per heavy atom. The van der Waals surface area contributed by atoms with Crippen LogP contribution in [0.1, 0.15) is 5.56 Å². The standard InChI is InChI=1S/C13H12BrIN2O/c1-18-13-5-2-9(8-17-13)7-16-10-3-4-11(14)12(15)6-10/h2-6,8,16H,7H2,1H3. The number of anilines is 1. The van der Waals surface area contributed by atoms with Gasteiger partial charge in [0.15, 0.2) is 0 Å². The van der Waals surface area contributed by atoms with E-state index in [1.165, 1.54) is 3.57 Å². The van der Waals surface area contributed by atoms with Gasteiger partial charge in [-0.15, -0.1) is 0 Å².